The monoisotopic (exact) mass is 1100 g/mol. The Morgan fingerprint density at radius 2 is 1.09 bits per heavy atom. The van der Waals surface area contributed by atoms with E-state index in [2.05, 4.69) is 71.3 Å². The van der Waals surface area contributed by atoms with E-state index in [0.29, 0.717) is 164 Å². The summed E-state index contributed by atoms with van der Waals surface area (Å²) in [5.41, 5.74) is 18.9. The van der Waals surface area contributed by atoms with Gasteiger partial charge in [0.2, 0.25) is 0 Å². The van der Waals surface area contributed by atoms with Crippen molar-refractivity contribution in [1.82, 2.24) is 16.0 Å². The first-order chi connectivity index (χ1) is 37.9. The minimum atomic E-state index is 0.189. The number of hydrogen-bond acceptors (Lipinski definition) is 13. The third-order valence-corrected chi connectivity index (χ3v) is 24.3. The topological polar surface area (TPSA) is 179 Å². The van der Waals surface area contributed by atoms with Gasteiger partial charge in [0.25, 0.3) is 0 Å². The van der Waals surface area contributed by atoms with Gasteiger partial charge in [-0.2, -0.15) is 0 Å². The molecule has 8 aliphatic rings. The van der Waals surface area contributed by atoms with E-state index in [9.17, 15) is 0 Å². The Balaban J connectivity index is 0.862. The van der Waals surface area contributed by atoms with Crippen LogP contribution in [0.25, 0.3) is 0 Å². The molecular formula is C65H122N6O7. The molecular weight excluding hydrogens is 977 g/mol. The maximum absolute atomic E-state index is 7.08. The zero-order chi connectivity index (χ0) is 55.3. The molecule has 2 unspecified atom stereocenters. The predicted octanol–water partition coefficient (Wildman–Crippen LogP) is 10.3. The van der Waals surface area contributed by atoms with Crippen molar-refractivity contribution in [2.75, 3.05) is 92.7 Å². The van der Waals surface area contributed by atoms with E-state index in [1.54, 1.807) is 0 Å². The lowest BCUT2D eigenvalue weighted by Crippen LogP contribution is -2.65. The molecule has 0 spiro atoms. The Labute approximate surface area is 477 Å². The molecule has 0 aliphatic heterocycles. The molecule has 0 aromatic rings. The van der Waals surface area contributed by atoms with Gasteiger partial charge in [-0.05, 0) is 268 Å². The maximum atomic E-state index is 7.08. The van der Waals surface area contributed by atoms with Gasteiger partial charge in [-0.15, -0.1) is 0 Å². The van der Waals surface area contributed by atoms with Gasteiger partial charge in [0.15, 0.2) is 0 Å². The Kier molecular flexibility index (Phi) is 24.8. The van der Waals surface area contributed by atoms with Gasteiger partial charge in [-0.25, -0.2) is 0 Å². The Morgan fingerprint density at radius 1 is 0.500 bits per heavy atom. The van der Waals surface area contributed by atoms with Gasteiger partial charge >= 0.3 is 0 Å². The smallest absolute Gasteiger partial charge is 0.0967 e. The lowest BCUT2D eigenvalue weighted by molar-refractivity contribution is -0.192. The highest BCUT2D eigenvalue weighted by Crippen LogP contribution is 2.69. The largest absolute Gasteiger partial charge is 0.381 e. The average molecular weight is 1100 g/mol. The average Bonchev–Trinajstić information content (AvgIpc) is 4.08. The van der Waals surface area contributed by atoms with Crippen molar-refractivity contribution < 1.29 is 33.2 Å². The van der Waals surface area contributed by atoms with Crippen LogP contribution in [0.4, 0.5) is 0 Å². The summed E-state index contributed by atoms with van der Waals surface area (Å²) in [7, 11) is 0. The van der Waals surface area contributed by atoms with E-state index in [1.807, 2.05) is 0 Å². The molecule has 8 aliphatic carbocycles. The number of nitrogens with one attached hydrogen (secondary N) is 3. The zero-order valence-corrected chi connectivity index (χ0v) is 51.3. The normalized spacial score (nSPS) is 41.8. The predicted molar refractivity (Wildman–Crippen MR) is 315 cm³/mol. The SMILES string of the molecule is CCOCN[C@@H]1CC[C@@]2(C)[C@@H](C1)C[C@@H](OCCCN)[C@@H]1[C@@H]2C[C@H](NCOCC)[C@]2(C)[C@@H]([C@H](C)CCCOCCCC(C)C3CC[C@@H]4[C@@H]3[C@@H](OCCCN)C[C@H]3[C@H]4[C@@H](NCOCC)C[C@@H]4C[C@H](OCCCN)CC[C@@]43C)CC[C@@H]12. The van der Waals surface area contributed by atoms with Gasteiger partial charge in [0.1, 0.15) is 0 Å². The van der Waals surface area contributed by atoms with E-state index < -0.39 is 0 Å². The summed E-state index contributed by atoms with van der Waals surface area (Å²) < 4.78 is 45.1. The van der Waals surface area contributed by atoms with E-state index in [0.717, 1.165) is 85.0 Å². The molecule has 8 rings (SSSR count). The van der Waals surface area contributed by atoms with Gasteiger partial charge in [-0.1, -0.05) is 34.6 Å². The second kappa shape index (κ2) is 30.5. The Morgan fingerprint density at radius 3 is 1.76 bits per heavy atom. The van der Waals surface area contributed by atoms with Crippen LogP contribution in [0, 0.1) is 93.2 Å². The van der Waals surface area contributed by atoms with Crippen molar-refractivity contribution >= 4 is 0 Å². The van der Waals surface area contributed by atoms with Crippen molar-refractivity contribution in [1.29, 1.82) is 0 Å². The highest BCUT2D eigenvalue weighted by Gasteiger charge is 2.67. The standard InChI is InChI=1S/C65H122N6O7/c1-9-72-41-69-48-23-25-63(6)46(35-48)38-57(77-33-15-28-67)62-53-22-21-52(65(53,8)59(40-55(62)63)71-43-74-11-3)45(5)18-13-31-75-30-12-17-44(4)50-19-20-51-60(50)58(78-34-16-29-68)39-54-61(51)56(70-42-73-10-2)37-47-36-49(76-32-14-27-66)24-26-64(47,54)7/h44-62,69-71H,9-43,66-68H2,1-8H3/t44?,45-,46+,47+,48-,49-,50?,51-,52-,53+,54+,55+,56+,57-,58+,59+,60-,61+,62+,63+,64+,65-/m1/s1. The molecule has 0 radical (unpaired) electrons. The summed E-state index contributed by atoms with van der Waals surface area (Å²) in [4.78, 5) is 0. The minimum Gasteiger partial charge on any atom is -0.381 e. The van der Waals surface area contributed by atoms with Crippen LogP contribution >= 0.6 is 0 Å². The van der Waals surface area contributed by atoms with Crippen molar-refractivity contribution in [2.45, 2.75) is 227 Å². The molecule has 0 saturated heterocycles. The molecule has 0 amide bonds. The maximum Gasteiger partial charge on any atom is 0.0967 e. The summed E-state index contributed by atoms with van der Waals surface area (Å²) in [6.07, 6.45) is 26.0. The molecule has 0 bridgehead atoms. The van der Waals surface area contributed by atoms with Crippen LogP contribution in [0.2, 0.25) is 0 Å². The summed E-state index contributed by atoms with van der Waals surface area (Å²) in [6, 6.07) is 1.43. The molecule has 0 heterocycles. The quantitative estimate of drug-likeness (QED) is 0.0265. The first-order valence-corrected chi connectivity index (χ1v) is 33.4. The molecule has 0 aromatic heterocycles. The van der Waals surface area contributed by atoms with Crippen LogP contribution in [0.5, 0.6) is 0 Å². The van der Waals surface area contributed by atoms with Crippen molar-refractivity contribution in [3.05, 3.63) is 0 Å². The van der Waals surface area contributed by atoms with Crippen molar-refractivity contribution in [3.63, 3.8) is 0 Å². The van der Waals surface area contributed by atoms with Crippen LogP contribution < -0.4 is 33.2 Å². The molecule has 8 fully saturated rings. The van der Waals surface area contributed by atoms with E-state index in [1.165, 1.54) is 103 Å². The number of ether oxygens (including phenoxy) is 7. The van der Waals surface area contributed by atoms with Crippen LogP contribution in [0.3, 0.4) is 0 Å². The highest BCUT2D eigenvalue weighted by atomic mass is 16.5. The highest BCUT2D eigenvalue weighted by molar-refractivity contribution is 5.17. The fraction of sp³-hybridized carbons (Fsp3) is 1.00. The molecule has 22 atom stereocenters. The number of fused-ring (bicyclic) bond motifs is 10. The van der Waals surface area contributed by atoms with Crippen LogP contribution in [-0.4, -0.2) is 129 Å². The van der Waals surface area contributed by atoms with Crippen molar-refractivity contribution in [3.8, 4) is 0 Å². The van der Waals surface area contributed by atoms with E-state index in [4.69, 9.17) is 50.4 Å². The van der Waals surface area contributed by atoms with E-state index >= 15 is 0 Å². The fourth-order valence-corrected chi connectivity index (χ4v) is 20.3. The zero-order valence-electron chi connectivity index (χ0n) is 51.3. The summed E-state index contributed by atoms with van der Waals surface area (Å²) >= 11 is 0. The summed E-state index contributed by atoms with van der Waals surface area (Å²) in [5.74, 6) is 8.42. The number of hydrogen-bond donors (Lipinski definition) is 6. The molecule has 78 heavy (non-hydrogen) atoms. The molecule has 13 heteroatoms. The molecule has 9 N–H and O–H groups in total. The Hall–Kier alpha value is -0.520. The molecule has 0 aromatic carbocycles. The van der Waals surface area contributed by atoms with Crippen LogP contribution in [0.1, 0.15) is 190 Å². The molecule has 13 nitrogen and oxygen atoms in total. The fourth-order valence-electron chi connectivity index (χ4n) is 20.3. The summed E-state index contributed by atoms with van der Waals surface area (Å²) in [6.45, 7) is 29.9. The van der Waals surface area contributed by atoms with E-state index in [-0.39, 0.29) is 5.41 Å². The van der Waals surface area contributed by atoms with Gasteiger partial charge < -0.3 is 50.4 Å². The number of nitrogens with two attached hydrogens (primary N) is 3. The van der Waals surface area contributed by atoms with Crippen molar-refractivity contribution in [2.24, 2.45) is 110 Å². The lowest BCUT2D eigenvalue weighted by Gasteiger charge is -2.65. The van der Waals surface area contributed by atoms with Gasteiger partial charge in [0.05, 0.1) is 38.5 Å². The Bertz CT molecular complexity index is 1720. The van der Waals surface area contributed by atoms with Gasteiger partial charge in [0, 0.05) is 71.0 Å². The second-order valence-electron chi connectivity index (χ2n) is 27.9. The summed E-state index contributed by atoms with van der Waals surface area (Å²) in [5, 5.41) is 11.9. The van der Waals surface area contributed by atoms with Crippen LogP contribution in [-0.2, 0) is 33.2 Å². The molecule has 454 valence electrons. The molecule has 8 saturated carbocycles. The first kappa shape index (κ1) is 63.5. The first-order valence-electron chi connectivity index (χ1n) is 33.4. The van der Waals surface area contributed by atoms with Crippen LogP contribution in [0.15, 0.2) is 0 Å². The number of rotatable bonds is 34. The minimum absolute atomic E-state index is 0.189. The lowest BCUT2D eigenvalue weighted by atomic mass is 9.42. The third-order valence-electron chi connectivity index (χ3n) is 24.3. The van der Waals surface area contributed by atoms with Gasteiger partial charge in [-0.3, -0.25) is 16.0 Å². The third kappa shape index (κ3) is 14.2. The second-order valence-corrected chi connectivity index (χ2v) is 27.9.